The average molecular weight is 773 g/mol. The van der Waals surface area contributed by atoms with E-state index in [4.69, 9.17) is 0 Å². The Kier molecular flexibility index (Phi) is 17.4. The number of halogens is 2. The molecule has 0 spiro atoms. The number of rotatable bonds is 8. The number of piperazine rings is 2. The molecule has 0 bridgehead atoms. The van der Waals surface area contributed by atoms with Crippen LogP contribution in [0, 0.1) is 10.1 Å². The Hall–Kier alpha value is -4.07. The SMILES string of the molecule is CC(C)(C)NC(=O)c1cccc(CN2CCN(C(=O)c3ccc([N+](=O)[O-])cc3)CC2)c1.CC(C)(C)NC(=O)c1cccc(CN2CCNCC2)c1.Cl.Cl. The monoisotopic (exact) mass is 771 g/mol. The van der Waals surface area contributed by atoms with Gasteiger partial charge in [0.1, 0.15) is 0 Å². The van der Waals surface area contributed by atoms with Crippen LogP contribution in [0.2, 0.25) is 0 Å². The van der Waals surface area contributed by atoms with Gasteiger partial charge < -0.3 is 20.9 Å². The Labute approximate surface area is 326 Å². The number of hydrogen-bond donors (Lipinski definition) is 3. The maximum Gasteiger partial charge on any atom is 0.269 e. The molecular weight excluding hydrogens is 717 g/mol. The number of amides is 3. The summed E-state index contributed by atoms with van der Waals surface area (Å²) in [5.41, 5.74) is 3.57. The van der Waals surface area contributed by atoms with Gasteiger partial charge in [-0.2, -0.15) is 0 Å². The summed E-state index contributed by atoms with van der Waals surface area (Å²) < 4.78 is 0. The quantitative estimate of drug-likeness (QED) is 0.200. The number of carbonyl (C=O) groups is 3. The molecule has 14 heteroatoms. The van der Waals surface area contributed by atoms with E-state index in [0.29, 0.717) is 30.8 Å². The maximum absolute atomic E-state index is 12.7. The minimum atomic E-state index is -0.477. The fraction of sp³-hybridized carbons (Fsp3) is 0.462. The number of nitrogens with zero attached hydrogens (tertiary/aromatic N) is 4. The first kappa shape index (κ1) is 45.1. The van der Waals surface area contributed by atoms with Crippen molar-refractivity contribution in [3.8, 4) is 0 Å². The van der Waals surface area contributed by atoms with Gasteiger partial charge in [0, 0.05) is 105 Å². The smallest absolute Gasteiger partial charge is 0.269 e. The van der Waals surface area contributed by atoms with Gasteiger partial charge >= 0.3 is 0 Å². The van der Waals surface area contributed by atoms with Gasteiger partial charge in [0.25, 0.3) is 23.4 Å². The van der Waals surface area contributed by atoms with Crippen molar-refractivity contribution in [1.82, 2.24) is 30.7 Å². The average Bonchev–Trinajstić information content (AvgIpc) is 3.08. The lowest BCUT2D eigenvalue weighted by atomic mass is 10.1. The second-order valence-corrected chi connectivity index (χ2v) is 15.2. The topological polar surface area (TPSA) is 140 Å². The highest BCUT2D eigenvalue weighted by molar-refractivity contribution is 5.95. The van der Waals surface area contributed by atoms with Crippen LogP contribution in [0.3, 0.4) is 0 Å². The minimum Gasteiger partial charge on any atom is -0.347 e. The molecule has 3 amide bonds. The van der Waals surface area contributed by atoms with Gasteiger partial charge in [-0.05, 0) is 89.1 Å². The van der Waals surface area contributed by atoms with Crippen LogP contribution < -0.4 is 16.0 Å². The molecule has 3 aromatic rings. The van der Waals surface area contributed by atoms with E-state index in [9.17, 15) is 24.5 Å². The molecule has 2 heterocycles. The summed E-state index contributed by atoms with van der Waals surface area (Å²) in [4.78, 5) is 54.0. The van der Waals surface area contributed by atoms with Crippen LogP contribution in [0.4, 0.5) is 5.69 Å². The molecule has 2 fully saturated rings. The standard InChI is InChI=1S/C23H28N4O4.C16H25N3O.2ClH/c1-23(2,3)24-21(28)19-6-4-5-17(15-19)16-25-11-13-26(14-12-25)22(29)18-7-9-20(10-8-18)27(30)31;1-16(2,3)18-15(20)14-6-4-5-13(11-14)12-19-9-7-17-8-10-19;;/h4-10,15H,11-14,16H2,1-3H3,(H,24,28);4-6,11,17H,7-10,12H2,1-3H3,(H,18,20);2*1H. The van der Waals surface area contributed by atoms with Gasteiger partial charge in [0.05, 0.1) is 4.92 Å². The number of nitro benzene ring substituents is 1. The van der Waals surface area contributed by atoms with Crippen LogP contribution in [-0.4, -0.2) is 101 Å². The first-order valence-corrected chi connectivity index (χ1v) is 17.6. The molecule has 3 aromatic carbocycles. The predicted octanol–water partition coefficient (Wildman–Crippen LogP) is 5.54. The van der Waals surface area contributed by atoms with Crippen molar-refractivity contribution < 1.29 is 19.3 Å². The van der Waals surface area contributed by atoms with Crippen molar-refractivity contribution in [1.29, 1.82) is 0 Å². The van der Waals surface area contributed by atoms with Gasteiger partial charge in [-0.15, -0.1) is 24.8 Å². The Morgan fingerprint density at radius 1 is 0.660 bits per heavy atom. The number of carbonyl (C=O) groups excluding carboxylic acids is 3. The van der Waals surface area contributed by atoms with Gasteiger partial charge in [0.15, 0.2) is 0 Å². The molecule has 290 valence electrons. The normalized spacial score (nSPS) is 15.1. The lowest BCUT2D eigenvalue weighted by Gasteiger charge is -2.34. The zero-order valence-corrected chi connectivity index (χ0v) is 33.3. The molecule has 0 aliphatic carbocycles. The fourth-order valence-corrected chi connectivity index (χ4v) is 5.85. The molecule has 12 nitrogen and oxygen atoms in total. The van der Waals surface area contributed by atoms with Crippen molar-refractivity contribution in [2.45, 2.75) is 65.7 Å². The lowest BCUT2D eigenvalue weighted by Crippen LogP contribution is -2.48. The van der Waals surface area contributed by atoms with Crippen molar-refractivity contribution >= 4 is 48.2 Å². The first-order valence-electron chi connectivity index (χ1n) is 17.6. The van der Waals surface area contributed by atoms with Gasteiger partial charge in [0.2, 0.25) is 0 Å². The summed E-state index contributed by atoms with van der Waals surface area (Å²) >= 11 is 0. The van der Waals surface area contributed by atoms with E-state index in [-0.39, 0.29) is 59.3 Å². The summed E-state index contributed by atoms with van der Waals surface area (Å²) in [7, 11) is 0. The van der Waals surface area contributed by atoms with Gasteiger partial charge in [-0.3, -0.25) is 34.3 Å². The summed E-state index contributed by atoms with van der Waals surface area (Å²) in [5, 5.41) is 20.1. The fourth-order valence-electron chi connectivity index (χ4n) is 5.85. The van der Waals surface area contributed by atoms with E-state index >= 15 is 0 Å². The van der Waals surface area contributed by atoms with Crippen molar-refractivity contribution in [2.24, 2.45) is 0 Å². The molecule has 0 unspecified atom stereocenters. The van der Waals surface area contributed by atoms with Gasteiger partial charge in [-0.1, -0.05) is 24.3 Å². The number of benzene rings is 3. The third kappa shape index (κ3) is 15.1. The first-order chi connectivity index (χ1) is 24.1. The molecular formula is C39H55Cl2N7O5. The van der Waals surface area contributed by atoms with Crippen LogP contribution >= 0.6 is 24.8 Å². The second-order valence-electron chi connectivity index (χ2n) is 15.2. The molecule has 3 N–H and O–H groups in total. The molecule has 0 saturated carbocycles. The summed E-state index contributed by atoms with van der Waals surface area (Å²) in [5.74, 6) is -0.206. The van der Waals surface area contributed by atoms with Gasteiger partial charge in [-0.25, -0.2) is 0 Å². The van der Waals surface area contributed by atoms with Crippen molar-refractivity contribution in [3.63, 3.8) is 0 Å². The molecule has 0 radical (unpaired) electrons. The van der Waals surface area contributed by atoms with Crippen LogP contribution in [-0.2, 0) is 13.1 Å². The minimum absolute atomic E-state index is 0. The van der Waals surface area contributed by atoms with Crippen LogP contribution in [0.15, 0.2) is 72.8 Å². The van der Waals surface area contributed by atoms with E-state index in [1.807, 2.05) is 84.0 Å². The van der Waals surface area contributed by atoms with E-state index in [0.717, 1.165) is 56.9 Å². The highest BCUT2D eigenvalue weighted by Gasteiger charge is 2.23. The summed E-state index contributed by atoms with van der Waals surface area (Å²) in [6.45, 7) is 20.3. The molecule has 53 heavy (non-hydrogen) atoms. The third-order valence-electron chi connectivity index (χ3n) is 8.36. The van der Waals surface area contributed by atoms with E-state index in [1.54, 1.807) is 4.90 Å². The molecule has 2 aliphatic heterocycles. The van der Waals surface area contributed by atoms with Crippen molar-refractivity contribution in [2.75, 3.05) is 52.4 Å². The zero-order valence-electron chi connectivity index (χ0n) is 31.6. The second kappa shape index (κ2) is 20.4. The Balaban J connectivity index is 0.000000385. The van der Waals surface area contributed by atoms with E-state index in [1.165, 1.54) is 29.8 Å². The lowest BCUT2D eigenvalue weighted by molar-refractivity contribution is -0.384. The van der Waals surface area contributed by atoms with Crippen LogP contribution in [0.1, 0.15) is 83.7 Å². The highest BCUT2D eigenvalue weighted by Crippen LogP contribution is 2.17. The number of nitrogens with one attached hydrogen (secondary N) is 3. The largest absolute Gasteiger partial charge is 0.347 e. The Morgan fingerprint density at radius 3 is 1.51 bits per heavy atom. The zero-order chi connectivity index (χ0) is 37.2. The molecule has 5 rings (SSSR count). The molecule has 2 aliphatic rings. The molecule has 2 saturated heterocycles. The number of non-ortho nitro benzene ring substituents is 1. The molecule has 0 atom stereocenters. The Bertz CT molecular complexity index is 1660. The van der Waals surface area contributed by atoms with E-state index < -0.39 is 4.92 Å². The third-order valence-corrected chi connectivity index (χ3v) is 8.36. The molecule has 0 aromatic heterocycles. The highest BCUT2D eigenvalue weighted by atomic mass is 35.5. The van der Waals surface area contributed by atoms with Crippen molar-refractivity contribution in [3.05, 3.63) is 111 Å². The van der Waals surface area contributed by atoms with Crippen LogP contribution in [0.5, 0.6) is 0 Å². The maximum atomic E-state index is 12.7. The summed E-state index contributed by atoms with van der Waals surface area (Å²) in [6, 6.07) is 21.3. The predicted molar refractivity (Wildman–Crippen MR) is 214 cm³/mol. The number of nitro groups is 1. The Morgan fingerprint density at radius 2 is 1.09 bits per heavy atom. The van der Waals surface area contributed by atoms with E-state index in [2.05, 4.69) is 31.8 Å². The number of hydrogen-bond acceptors (Lipinski definition) is 8. The summed E-state index contributed by atoms with van der Waals surface area (Å²) in [6.07, 6.45) is 0. The van der Waals surface area contributed by atoms with Crippen LogP contribution in [0.25, 0.3) is 0 Å².